The number of amides is 1. The summed E-state index contributed by atoms with van der Waals surface area (Å²) >= 11 is 0. The molecule has 0 saturated carbocycles. The minimum Gasteiger partial charge on any atom is -0.393 e. The molecule has 110 valence electrons. The van der Waals surface area contributed by atoms with E-state index >= 15 is 0 Å². The van der Waals surface area contributed by atoms with E-state index in [1.54, 1.807) is 0 Å². The van der Waals surface area contributed by atoms with Crippen molar-refractivity contribution in [1.82, 2.24) is 4.90 Å². The lowest BCUT2D eigenvalue weighted by molar-refractivity contribution is -0.116. The number of benzene rings is 1. The topological polar surface area (TPSA) is 52.6 Å². The van der Waals surface area contributed by atoms with E-state index in [9.17, 15) is 9.90 Å². The number of aliphatic hydroxyl groups is 1. The van der Waals surface area contributed by atoms with Gasteiger partial charge in [0.05, 0.1) is 6.10 Å². The lowest BCUT2D eigenvalue weighted by atomic mass is 9.92. The number of nitrogens with one attached hydrogen (secondary N) is 1. The highest BCUT2D eigenvalue weighted by atomic mass is 16.3. The molecule has 0 bridgehead atoms. The summed E-state index contributed by atoms with van der Waals surface area (Å²) in [6, 6.07) is 9.55. The molecule has 4 nitrogen and oxygen atoms in total. The molecule has 0 radical (unpaired) electrons. The van der Waals surface area contributed by atoms with E-state index in [1.165, 1.54) is 0 Å². The average Bonchev–Trinajstić information content (AvgIpc) is 2.46. The monoisotopic (exact) mass is 276 g/mol. The zero-order valence-corrected chi connectivity index (χ0v) is 12.1. The lowest BCUT2D eigenvalue weighted by Crippen LogP contribution is -2.38. The molecule has 0 aromatic heterocycles. The number of aliphatic hydroxyl groups excluding tert-OH is 1. The van der Waals surface area contributed by atoms with Crippen molar-refractivity contribution in [3.8, 4) is 0 Å². The molecule has 1 atom stereocenters. The Bertz CT molecular complexity index is 412. The summed E-state index contributed by atoms with van der Waals surface area (Å²) in [5.41, 5.74) is 0.852. The van der Waals surface area contributed by atoms with E-state index in [0.29, 0.717) is 12.3 Å². The van der Waals surface area contributed by atoms with Crippen LogP contribution in [0.2, 0.25) is 0 Å². The fourth-order valence-corrected chi connectivity index (χ4v) is 2.66. The fraction of sp³-hybridized carbons (Fsp3) is 0.562. The molecule has 1 saturated heterocycles. The smallest absolute Gasteiger partial charge is 0.225 e. The summed E-state index contributed by atoms with van der Waals surface area (Å²) in [5, 5.41) is 12.5. The molecule has 1 amide bonds. The Labute approximate surface area is 120 Å². The van der Waals surface area contributed by atoms with Gasteiger partial charge in [0.2, 0.25) is 5.91 Å². The van der Waals surface area contributed by atoms with Crippen LogP contribution in [0.1, 0.15) is 26.2 Å². The first-order valence-corrected chi connectivity index (χ1v) is 7.40. The van der Waals surface area contributed by atoms with E-state index in [1.807, 2.05) is 37.3 Å². The van der Waals surface area contributed by atoms with Gasteiger partial charge in [-0.3, -0.25) is 4.79 Å². The molecule has 1 fully saturated rings. The molecule has 1 unspecified atom stereocenters. The Kier molecular flexibility index (Phi) is 5.56. The molecule has 1 aliphatic rings. The molecule has 2 rings (SSSR count). The number of nitrogens with zero attached hydrogens (tertiary/aromatic N) is 1. The van der Waals surface area contributed by atoms with Gasteiger partial charge in [-0.25, -0.2) is 0 Å². The van der Waals surface area contributed by atoms with Gasteiger partial charge in [0.1, 0.15) is 0 Å². The molecular weight excluding hydrogens is 252 g/mol. The summed E-state index contributed by atoms with van der Waals surface area (Å²) in [7, 11) is 0. The summed E-state index contributed by atoms with van der Waals surface area (Å²) in [5.74, 6) is 0.484. The number of rotatable bonds is 5. The highest BCUT2D eigenvalue weighted by Crippen LogP contribution is 2.20. The lowest BCUT2D eigenvalue weighted by Gasteiger charge is -2.33. The zero-order valence-electron chi connectivity index (χ0n) is 12.1. The van der Waals surface area contributed by atoms with Crippen LogP contribution in [0.5, 0.6) is 0 Å². The maximum absolute atomic E-state index is 11.8. The third-order valence-electron chi connectivity index (χ3n) is 4.03. The van der Waals surface area contributed by atoms with Crippen LogP contribution in [-0.2, 0) is 4.79 Å². The fourth-order valence-electron chi connectivity index (χ4n) is 2.66. The van der Waals surface area contributed by atoms with Crippen molar-refractivity contribution in [3.63, 3.8) is 0 Å². The van der Waals surface area contributed by atoms with Gasteiger partial charge in [-0.2, -0.15) is 0 Å². The minimum absolute atomic E-state index is 0.0637. The zero-order chi connectivity index (χ0) is 14.4. The Morgan fingerprint density at radius 2 is 2.00 bits per heavy atom. The minimum atomic E-state index is -0.210. The Balaban J connectivity index is 1.67. The van der Waals surface area contributed by atoms with Gasteiger partial charge < -0.3 is 15.3 Å². The number of hydrogen-bond donors (Lipinski definition) is 2. The van der Waals surface area contributed by atoms with Crippen LogP contribution in [0, 0.1) is 5.92 Å². The summed E-state index contributed by atoms with van der Waals surface area (Å²) < 4.78 is 0. The van der Waals surface area contributed by atoms with Crippen LogP contribution in [-0.4, -0.2) is 41.7 Å². The van der Waals surface area contributed by atoms with Gasteiger partial charge in [0, 0.05) is 18.7 Å². The number of anilines is 1. The maximum Gasteiger partial charge on any atom is 0.225 e. The van der Waals surface area contributed by atoms with Crippen LogP contribution in [0.4, 0.5) is 5.69 Å². The van der Waals surface area contributed by atoms with Crippen LogP contribution in [0.15, 0.2) is 30.3 Å². The Morgan fingerprint density at radius 1 is 1.35 bits per heavy atom. The molecular formula is C16H24N2O2. The third kappa shape index (κ3) is 4.62. The normalized spacial score (nSPS) is 18.7. The summed E-state index contributed by atoms with van der Waals surface area (Å²) in [6.07, 6.45) is 2.36. The molecule has 0 spiro atoms. The van der Waals surface area contributed by atoms with E-state index in [4.69, 9.17) is 0 Å². The number of carbonyl (C=O) groups excluding carboxylic acids is 1. The van der Waals surface area contributed by atoms with Crippen molar-refractivity contribution in [3.05, 3.63) is 30.3 Å². The first-order chi connectivity index (χ1) is 9.65. The number of carbonyl (C=O) groups is 1. The van der Waals surface area contributed by atoms with Crippen molar-refractivity contribution in [2.75, 3.05) is 25.0 Å². The van der Waals surface area contributed by atoms with Gasteiger partial charge in [0.25, 0.3) is 0 Å². The predicted molar refractivity (Wildman–Crippen MR) is 80.5 cm³/mol. The molecule has 2 N–H and O–H groups in total. The van der Waals surface area contributed by atoms with Crippen molar-refractivity contribution >= 4 is 11.6 Å². The molecule has 0 aliphatic carbocycles. The third-order valence-corrected chi connectivity index (χ3v) is 4.03. The number of piperidine rings is 1. The summed E-state index contributed by atoms with van der Waals surface area (Å²) in [4.78, 5) is 14.2. The van der Waals surface area contributed by atoms with Crippen LogP contribution in [0.25, 0.3) is 0 Å². The van der Waals surface area contributed by atoms with E-state index in [2.05, 4.69) is 10.2 Å². The van der Waals surface area contributed by atoms with Crippen LogP contribution >= 0.6 is 0 Å². The van der Waals surface area contributed by atoms with E-state index in [-0.39, 0.29) is 12.0 Å². The SMILES string of the molecule is CC(O)C1CCN(CCC(=O)Nc2ccccc2)CC1. The number of hydrogen-bond acceptors (Lipinski definition) is 3. The van der Waals surface area contributed by atoms with E-state index < -0.39 is 0 Å². The van der Waals surface area contributed by atoms with Gasteiger partial charge in [0.15, 0.2) is 0 Å². The second-order valence-corrected chi connectivity index (χ2v) is 5.58. The van der Waals surface area contributed by atoms with Gasteiger partial charge >= 0.3 is 0 Å². The van der Waals surface area contributed by atoms with Crippen LogP contribution < -0.4 is 5.32 Å². The van der Waals surface area contributed by atoms with Gasteiger partial charge in [-0.1, -0.05) is 18.2 Å². The van der Waals surface area contributed by atoms with Gasteiger partial charge in [-0.15, -0.1) is 0 Å². The highest BCUT2D eigenvalue weighted by molar-refractivity contribution is 5.90. The average molecular weight is 276 g/mol. The van der Waals surface area contributed by atoms with Crippen molar-refractivity contribution < 1.29 is 9.90 Å². The highest BCUT2D eigenvalue weighted by Gasteiger charge is 2.22. The Hall–Kier alpha value is -1.39. The second kappa shape index (κ2) is 7.41. The quantitative estimate of drug-likeness (QED) is 0.866. The Morgan fingerprint density at radius 3 is 2.60 bits per heavy atom. The molecule has 1 aromatic carbocycles. The number of likely N-dealkylation sites (tertiary alicyclic amines) is 1. The summed E-state index contributed by atoms with van der Waals surface area (Å²) in [6.45, 7) is 4.63. The largest absolute Gasteiger partial charge is 0.393 e. The first-order valence-electron chi connectivity index (χ1n) is 7.40. The van der Waals surface area contributed by atoms with Crippen molar-refractivity contribution in [1.29, 1.82) is 0 Å². The standard InChI is InChI=1S/C16H24N2O2/c1-13(19)14-7-10-18(11-8-14)12-9-16(20)17-15-5-3-2-4-6-15/h2-6,13-14,19H,7-12H2,1H3,(H,17,20). The second-order valence-electron chi connectivity index (χ2n) is 5.58. The maximum atomic E-state index is 11.8. The molecule has 4 heteroatoms. The van der Waals surface area contributed by atoms with Crippen LogP contribution in [0.3, 0.4) is 0 Å². The van der Waals surface area contributed by atoms with Crippen molar-refractivity contribution in [2.24, 2.45) is 5.92 Å². The molecule has 1 aromatic rings. The molecule has 20 heavy (non-hydrogen) atoms. The van der Waals surface area contributed by atoms with E-state index in [0.717, 1.165) is 38.2 Å². The first kappa shape index (κ1) is 15.0. The number of para-hydroxylation sites is 1. The molecule has 1 heterocycles. The molecule has 1 aliphatic heterocycles. The van der Waals surface area contributed by atoms with Crippen molar-refractivity contribution in [2.45, 2.75) is 32.3 Å². The predicted octanol–water partition coefficient (Wildman–Crippen LogP) is 2.11. The van der Waals surface area contributed by atoms with Gasteiger partial charge in [-0.05, 0) is 50.9 Å².